The molecule has 0 aliphatic rings. The summed E-state index contributed by atoms with van der Waals surface area (Å²) in [6.07, 6.45) is 1.60. The van der Waals surface area contributed by atoms with Crippen LogP contribution in [0.15, 0.2) is 71.8 Å². The maximum Gasteiger partial charge on any atom is 0.244 e. The smallest absolute Gasteiger partial charge is 0.244 e. The molecule has 1 N–H and O–H groups in total. The second-order valence-electron chi connectivity index (χ2n) is 6.59. The molecule has 0 unspecified atom stereocenters. The van der Waals surface area contributed by atoms with Crippen molar-refractivity contribution in [3.8, 4) is 11.3 Å². The number of hydrogen-bond acceptors (Lipinski definition) is 4. The molecule has 7 heteroatoms. The molecule has 1 heterocycles. The summed E-state index contributed by atoms with van der Waals surface area (Å²) in [6, 6.07) is 19.2. The number of sulfonamides is 1. The lowest BCUT2D eigenvalue weighted by molar-refractivity contribution is 0.412. The summed E-state index contributed by atoms with van der Waals surface area (Å²) >= 11 is 0. The summed E-state index contributed by atoms with van der Waals surface area (Å²) in [4.78, 5) is 2.13. The van der Waals surface area contributed by atoms with Crippen molar-refractivity contribution in [1.82, 2.24) is 19.4 Å². The second-order valence-corrected chi connectivity index (χ2v) is 8.33. The zero-order valence-electron chi connectivity index (χ0n) is 15.5. The Kier molecular flexibility index (Phi) is 6.05. The summed E-state index contributed by atoms with van der Waals surface area (Å²) < 4.78 is 30.1. The normalized spacial score (nSPS) is 11.8. The van der Waals surface area contributed by atoms with Crippen LogP contribution in [-0.2, 0) is 16.6 Å². The minimum Gasteiger partial charge on any atom is -0.308 e. The predicted octanol–water partition coefficient (Wildman–Crippen LogP) is 2.44. The van der Waals surface area contributed by atoms with E-state index in [4.69, 9.17) is 0 Å². The van der Waals surface area contributed by atoms with Crippen LogP contribution in [0.3, 0.4) is 0 Å². The molecule has 27 heavy (non-hydrogen) atoms. The average Bonchev–Trinajstić information content (AvgIpc) is 3.08. The van der Waals surface area contributed by atoms with Gasteiger partial charge in [-0.1, -0.05) is 60.7 Å². The molecular formula is C20H24N4O2S. The van der Waals surface area contributed by atoms with Gasteiger partial charge in [-0.2, -0.15) is 5.10 Å². The molecule has 2 aromatic carbocycles. The number of likely N-dealkylation sites (N-methyl/N-ethyl adjacent to an activating group) is 1. The number of hydrogen-bond donors (Lipinski definition) is 1. The summed E-state index contributed by atoms with van der Waals surface area (Å²) in [7, 11) is 0.143. The lowest BCUT2D eigenvalue weighted by Gasteiger charge is -2.10. The lowest BCUT2D eigenvalue weighted by Crippen LogP contribution is -2.31. The number of aromatic nitrogens is 2. The van der Waals surface area contributed by atoms with Crippen LogP contribution in [0.4, 0.5) is 0 Å². The van der Waals surface area contributed by atoms with E-state index in [1.165, 1.54) is 0 Å². The van der Waals surface area contributed by atoms with E-state index >= 15 is 0 Å². The molecule has 0 radical (unpaired) electrons. The fraction of sp³-hybridized carbons (Fsp3) is 0.250. The largest absolute Gasteiger partial charge is 0.308 e. The first-order valence-corrected chi connectivity index (χ1v) is 10.3. The minimum absolute atomic E-state index is 0.198. The highest BCUT2D eigenvalue weighted by Gasteiger charge is 2.23. The first kappa shape index (κ1) is 19.3. The van der Waals surface area contributed by atoms with Crippen molar-refractivity contribution in [3.05, 3.63) is 72.4 Å². The van der Waals surface area contributed by atoms with E-state index in [-0.39, 0.29) is 4.90 Å². The van der Waals surface area contributed by atoms with Crippen molar-refractivity contribution >= 4 is 10.0 Å². The third-order valence-electron chi connectivity index (χ3n) is 4.10. The van der Waals surface area contributed by atoms with E-state index in [0.29, 0.717) is 25.3 Å². The Bertz CT molecular complexity index is 968. The van der Waals surface area contributed by atoms with Crippen LogP contribution in [0.1, 0.15) is 5.56 Å². The van der Waals surface area contributed by atoms with Crippen LogP contribution in [0.5, 0.6) is 0 Å². The molecule has 0 bridgehead atoms. The zero-order chi connectivity index (χ0) is 19.3. The predicted molar refractivity (Wildman–Crippen MR) is 107 cm³/mol. The fourth-order valence-corrected chi connectivity index (χ4v) is 3.92. The maximum atomic E-state index is 12.9. The third-order valence-corrected chi connectivity index (χ3v) is 5.57. The van der Waals surface area contributed by atoms with Crippen molar-refractivity contribution in [2.75, 3.05) is 27.2 Å². The molecule has 0 aliphatic heterocycles. The Morgan fingerprint density at radius 2 is 1.63 bits per heavy atom. The van der Waals surface area contributed by atoms with E-state index in [1.54, 1.807) is 10.9 Å². The summed E-state index contributed by atoms with van der Waals surface area (Å²) in [5, 5.41) is 4.57. The van der Waals surface area contributed by atoms with Crippen LogP contribution in [0.2, 0.25) is 0 Å². The first-order chi connectivity index (χ1) is 13.0. The number of benzene rings is 2. The fourth-order valence-electron chi connectivity index (χ4n) is 2.73. The van der Waals surface area contributed by atoms with Gasteiger partial charge >= 0.3 is 0 Å². The summed E-state index contributed by atoms with van der Waals surface area (Å²) in [5.74, 6) is 0. The van der Waals surface area contributed by atoms with Crippen LogP contribution < -0.4 is 4.72 Å². The molecule has 0 aliphatic carbocycles. The van der Waals surface area contributed by atoms with E-state index in [1.807, 2.05) is 79.7 Å². The summed E-state index contributed by atoms with van der Waals surface area (Å²) in [6.45, 7) is 1.47. The molecule has 3 aromatic rings. The quantitative estimate of drug-likeness (QED) is 0.648. The van der Waals surface area contributed by atoms with Gasteiger partial charge in [-0.05, 0) is 19.7 Å². The van der Waals surface area contributed by atoms with Gasteiger partial charge in [0.1, 0.15) is 10.6 Å². The van der Waals surface area contributed by atoms with E-state index in [2.05, 4.69) is 9.82 Å². The van der Waals surface area contributed by atoms with Gasteiger partial charge in [-0.3, -0.25) is 4.68 Å². The molecule has 1 aromatic heterocycles. The van der Waals surface area contributed by atoms with Gasteiger partial charge in [-0.15, -0.1) is 0 Å². The molecule has 6 nitrogen and oxygen atoms in total. The topological polar surface area (TPSA) is 67.2 Å². The Morgan fingerprint density at radius 1 is 1.00 bits per heavy atom. The molecule has 0 atom stereocenters. The second kappa shape index (κ2) is 8.47. The van der Waals surface area contributed by atoms with Crippen molar-refractivity contribution < 1.29 is 8.42 Å². The molecule has 0 saturated heterocycles. The first-order valence-electron chi connectivity index (χ1n) is 8.77. The lowest BCUT2D eigenvalue weighted by atomic mass is 10.2. The SMILES string of the molecule is CN(C)CCNS(=O)(=O)c1cn(Cc2ccccc2)nc1-c1ccccc1. The number of rotatable bonds is 8. The Morgan fingerprint density at radius 3 is 2.26 bits per heavy atom. The van der Waals surface area contributed by atoms with Gasteiger partial charge in [-0.25, -0.2) is 13.1 Å². The Labute approximate surface area is 160 Å². The molecule has 3 rings (SSSR count). The number of nitrogens with zero attached hydrogens (tertiary/aromatic N) is 3. The average molecular weight is 385 g/mol. The molecule has 0 fully saturated rings. The Balaban J connectivity index is 1.95. The van der Waals surface area contributed by atoms with Crippen LogP contribution >= 0.6 is 0 Å². The van der Waals surface area contributed by atoms with Crippen LogP contribution in [-0.4, -0.2) is 50.3 Å². The molecule has 142 valence electrons. The highest BCUT2D eigenvalue weighted by molar-refractivity contribution is 7.89. The van der Waals surface area contributed by atoms with Gasteiger partial charge in [0.2, 0.25) is 10.0 Å². The standard InChI is InChI=1S/C20H24N4O2S/c1-23(2)14-13-21-27(25,26)19-16-24(15-17-9-5-3-6-10-17)22-20(19)18-11-7-4-8-12-18/h3-12,16,21H,13-15H2,1-2H3. The van der Waals surface area contributed by atoms with Gasteiger partial charge in [0.15, 0.2) is 0 Å². The van der Waals surface area contributed by atoms with Gasteiger partial charge in [0.05, 0.1) is 6.54 Å². The molecular weight excluding hydrogens is 360 g/mol. The van der Waals surface area contributed by atoms with E-state index in [0.717, 1.165) is 11.1 Å². The number of nitrogens with one attached hydrogen (secondary N) is 1. The monoisotopic (exact) mass is 384 g/mol. The Hall–Kier alpha value is -2.48. The summed E-state index contributed by atoms with van der Waals surface area (Å²) in [5.41, 5.74) is 2.30. The minimum atomic E-state index is -3.67. The molecule has 0 amide bonds. The van der Waals surface area contributed by atoms with E-state index in [9.17, 15) is 8.42 Å². The zero-order valence-corrected chi connectivity index (χ0v) is 16.4. The van der Waals surface area contributed by atoms with Gasteiger partial charge < -0.3 is 4.90 Å². The molecule has 0 spiro atoms. The van der Waals surface area contributed by atoms with Crippen molar-refractivity contribution in [1.29, 1.82) is 0 Å². The third kappa shape index (κ3) is 5.03. The van der Waals surface area contributed by atoms with Crippen molar-refractivity contribution in [3.63, 3.8) is 0 Å². The maximum absolute atomic E-state index is 12.9. The van der Waals surface area contributed by atoms with Crippen LogP contribution in [0.25, 0.3) is 11.3 Å². The van der Waals surface area contributed by atoms with E-state index < -0.39 is 10.0 Å². The van der Waals surface area contributed by atoms with Crippen molar-refractivity contribution in [2.24, 2.45) is 0 Å². The van der Waals surface area contributed by atoms with Crippen molar-refractivity contribution in [2.45, 2.75) is 11.4 Å². The van der Waals surface area contributed by atoms with Gasteiger partial charge in [0, 0.05) is 24.8 Å². The highest BCUT2D eigenvalue weighted by atomic mass is 32.2. The van der Waals surface area contributed by atoms with Crippen LogP contribution in [0, 0.1) is 0 Å². The molecule has 0 saturated carbocycles. The highest BCUT2D eigenvalue weighted by Crippen LogP contribution is 2.26. The van der Waals surface area contributed by atoms with Gasteiger partial charge in [0.25, 0.3) is 0 Å².